The number of carbonyl (C=O) groups is 1. The normalized spacial score (nSPS) is 15.4. The summed E-state index contributed by atoms with van der Waals surface area (Å²) in [5, 5.41) is 11.2. The van der Waals surface area contributed by atoms with E-state index in [1.165, 1.54) is 12.1 Å². The molecule has 1 unspecified atom stereocenters. The predicted molar refractivity (Wildman–Crippen MR) is 147 cm³/mol. The van der Waals surface area contributed by atoms with E-state index in [1.54, 1.807) is 63.0 Å². The van der Waals surface area contributed by atoms with Gasteiger partial charge in [-0.15, -0.1) is 0 Å². The second kappa shape index (κ2) is 10.7. The molecule has 0 spiro atoms. The van der Waals surface area contributed by atoms with E-state index in [1.807, 2.05) is 31.0 Å². The van der Waals surface area contributed by atoms with Crippen LogP contribution in [0, 0.1) is 12.7 Å². The number of Topliss-reactive ketones (excluding diaryl/α,β-unsaturated/α-hetero) is 1. The van der Waals surface area contributed by atoms with E-state index in [-0.39, 0.29) is 23.6 Å². The largest absolute Gasteiger partial charge is 0.495 e. The number of pyridine rings is 2. The van der Waals surface area contributed by atoms with Gasteiger partial charge in [0.2, 0.25) is 0 Å². The number of aryl methyl sites for hydroxylation is 1. The minimum atomic E-state index is -1.12. The Morgan fingerprint density at radius 2 is 1.82 bits per heavy atom. The van der Waals surface area contributed by atoms with Crippen LogP contribution in [0.25, 0.3) is 16.6 Å². The predicted octanol–water partition coefficient (Wildman–Crippen LogP) is 5.61. The fourth-order valence-electron chi connectivity index (χ4n) is 4.69. The number of ether oxygens (including phenoxy) is 2. The summed E-state index contributed by atoms with van der Waals surface area (Å²) in [6, 6.07) is 15.2. The van der Waals surface area contributed by atoms with Crippen molar-refractivity contribution >= 4 is 22.4 Å². The second-order valence-electron chi connectivity index (χ2n) is 9.45. The van der Waals surface area contributed by atoms with Gasteiger partial charge in [0.1, 0.15) is 28.9 Å². The number of aromatic nitrogens is 2. The molecule has 2 aromatic carbocycles. The van der Waals surface area contributed by atoms with Crippen LogP contribution in [0.3, 0.4) is 0 Å². The van der Waals surface area contributed by atoms with Gasteiger partial charge in [-0.25, -0.2) is 9.37 Å². The molecule has 0 bridgehead atoms. The standard InChI is InChI=1S/C31H28FN3O4/c1-18-13-21(32)7-10-24(18)29-19(2)35(3)17-25(31(29)37)27(36)14-20-5-8-22(9-6-20)39-28-11-12-33-26-15-23(38-4)16-34-30(26)28/h5-13,15-17,31,37H,14H2,1-4H3. The van der Waals surface area contributed by atoms with Gasteiger partial charge in [0.15, 0.2) is 11.5 Å². The van der Waals surface area contributed by atoms with E-state index in [0.29, 0.717) is 45.0 Å². The lowest BCUT2D eigenvalue weighted by Gasteiger charge is -2.31. The topological polar surface area (TPSA) is 84.8 Å². The van der Waals surface area contributed by atoms with Crippen LogP contribution in [0.15, 0.2) is 84.5 Å². The van der Waals surface area contributed by atoms with Crippen LogP contribution in [-0.2, 0) is 11.2 Å². The van der Waals surface area contributed by atoms with Crippen LogP contribution in [0.1, 0.15) is 23.6 Å². The first-order valence-corrected chi connectivity index (χ1v) is 12.4. The number of benzene rings is 2. The molecule has 0 aliphatic carbocycles. The fraction of sp³-hybridized carbons (Fsp3) is 0.194. The average molecular weight is 526 g/mol. The molecule has 8 heteroatoms. The van der Waals surface area contributed by atoms with Gasteiger partial charge in [-0.3, -0.25) is 9.78 Å². The summed E-state index contributed by atoms with van der Waals surface area (Å²) in [6.07, 6.45) is 3.90. The number of methoxy groups -OCH3 is 1. The molecular weight excluding hydrogens is 497 g/mol. The number of halogens is 1. The highest BCUT2D eigenvalue weighted by Gasteiger charge is 2.30. The number of allylic oxidation sites excluding steroid dienone is 1. The van der Waals surface area contributed by atoms with Gasteiger partial charge >= 0.3 is 0 Å². The molecule has 0 fully saturated rings. The monoisotopic (exact) mass is 525 g/mol. The third-order valence-corrected chi connectivity index (χ3v) is 6.89. The SMILES string of the molecule is COc1cnc2c(Oc3ccc(CC(=O)C4=CN(C)C(C)=C(c5ccc(F)cc5C)C4O)cc3)ccnc2c1. The number of ketones is 1. The minimum absolute atomic E-state index is 0.102. The maximum atomic E-state index is 13.7. The Labute approximate surface area is 225 Å². The maximum absolute atomic E-state index is 13.7. The van der Waals surface area contributed by atoms with Gasteiger partial charge in [-0.05, 0) is 54.8 Å². The van der Waals surface area contributed by atoms with Gasteiger partial charge in [0.05, 0.1) is 18.8 Å². The van der Waals surface area contributed by atoms with Crippen LogP contribution in [0.5, 0.6) is 17.2 Å². The molecule has 2 aromatic heterocycles. The van der Waals surface area contributed by atoms with Crippen LogP contribution in [0.4, 0.5) is 4.39 Å². The Morgan fingerprint density at radius 1 is 1.05 bits per heavy atom. The molecule has 0 saturated heterocycles. The van der Waals surface area contributed by atoms with Crippen molar-refractivity contribution in [2.75, 3.05) is 14.2 Å². The highest BCUT2D eigenvalue weighted by Crippen LogP contribution is 2.35. The van der Waals surface area contributed by atoms with Crippen molar-refractivity contribution in [2.24, 2.45) is 0 Å². The van der Waals surface area contributed by atoms with Crippen LogP contribution in [-0.4, -0.2) is 46.0 Å². The molecule has 7 nitrogen and oxygen atoms in total. The molecule has 0 saturated carbocycles. The van der Waals surface area contributed by atoms with Gasteiger partial charge in [0.25, 0.3) is 0 Å². The Bertz CT molecular complexity index is 1630. The van der Waals surface area contributed by atoms with E-state index < -0.39 is 6.10 Å². The van der Waals surface area contributed by atoms with Gasteiger partial charge in [-0.2, -0.15) is 0 Å². The van der Waals surface area contributed by atoms with E-state index >= 15 is 0 Å². The summed E-state index contributed by atoms with van der Waals surface area (Å²) in [4.78, 5) is 23.9. The highest BCUT2D eigenvalue weighted by atomic mass is 19.1. The average Bonchev–Trinajstić information content (AvgIpc) is 2.92. The molecule has 5 rings (SSSR count). The molecule has 0 amide bonds. The fourth-order valence-corrected chi connectivity index (χ4v) is 4.69. The van der Waals surface area contributed by atoms with E-state index in [9.17, 15) is 14.3 Å². The highest BCUT2D eigenvalue weighted by molar-refractivity contribution is 6.01. The zero-order valence-electron chi connectivity index (χ0n) is 22.1. The molecule has 1 aliphatic heterocycles. The van der Waals surface area contributed by atoms with Crippen LogP contribution >= 0.6 is 0 Å². The summed E-state index contributed by atoms with van der Waals surface area (Å²) in [5.74, 6) is 1.19. The molecule has 1 N–H and O–H groups in total. The number of aliphatic hydroxyl groups excluding tert-OH is 1. The molecule has 3 heterocycles. The second-order valence-corrected chi connectivity index (χ2v) is 9.45. The Hall–Kier alpha value is -4.56. The molecule has 198 valence electrons. The van der Waals surface area contributed by atoms with Crippen molar-refractivity contribution < 1.29 is 23.8 Å². The van der Waals surface area contributed by atoms with Crippen molar-refractivity contribution in [3.63, 3.8) is 0 Å². The van der Waals surface area contributed by atoms with Crippen molar-refractivity contribution in [3.8, 4) is 17.2 Å². The van der Waals surface area contributed by atoms with Gasteiger partial charge in [0, 0.05) is 54.8 Å². The first-order chi connectivity index (χ1) is 18.7. The van der Waals surface area contributed by atoms with Crippen LogP contribution in [0.2, 0.25) is 0 Å². The summed E-state index contributed by atoms with van der Waals surface area (Å²) in [5.41, 5.74) is 5.12. The quantitative estimate of drug-likeness (QED) is 0.336. The van der Waals surface area contributed by atoms with Gasteiger partial charge in [-0.1, -0.05) is 18.2 Å². The summed E-state index contributed by atoms with van der Waals surface area (Å²) in [6.45, 7) is 3.66. The zero-order chi connectivity index (χ0) is 27.7. The van der Waals surface area contributed by atoms with E-state index in [0.717, 1.165) is 11.3 Å². The minimum Gasteiger partial charge on any atom is -0.495 e. The molecule has 4 aromatic rings. The lowest BCUT2D eigenvalue weighted by Crippen LogP contribution is -2.30. The lowest BCUT2D eigenvalue weighted by atomic mass is 9.86. The Kier molecular flexibility index (Phi) is 7.13. The lowest BCUT2D eigenvalue weighted by molar-refractivity contribution is -0.115. The van der Waals surface area contributed by atoms with E-state index in [2.05, 4.69) is 9.97 Å². The first-order valence-electron chi connectivity index (χ1n) is 12.4. The molecule has 1 atom stereocenters. The van der Waals surface area contributed by atoms with E-state index in [4.69, 9.17) is 9.47 Å². The number of fused-ring (bicyclic) bond motifs is 1. The number of nitrogens with zero attached hydrogens (tertiary/aromatic N) is 3. The molecule has 39 heavy (non-hydrogen) atoms. The summed E-state index contributed by atoms with van der Waals surface area (Å²) in [7, 11) is 3.40. The smallest absolute Gasteiger partial charge is 0.167 e. The first kappa shape index (κ1) is 26.1. The third-order valence-electron chi connectivity index (χ3n) is 6.89. The maximum Gasteiger partial charge on any atom is 0.167 e. The summed E-state index contributed by atoms with van der Waals surface area (Å²) < 4.78 is 25.0. The number of rotatable bonds is 7. The van der Waals surface area contributed by atoms with Crippen molar-refractivity contribution in [3.05, 3.63) is 107 Å². The Balaban J connectivity index is 1.32. The van der Waals surface area contributed by atoms with Crippen molar-refractivity contribution in [1.82, 2.24) is 14.9 Å². The van der Waals surface area contributed by atoms with Crippen molar-refractivity contribution in [1.29, 1.82) is 0 Å². The summed E-state index contributed by atoms with van der Waals surface area (Å²) >= 11 is 0. The number of hydrogen-bond donors (Lipinski definition) is 1. The van der Waals surface area contributed by atoms with Crippen LogP contribution < -0.4 is 9.47 Å². The Morgan fingerprint density at radius 3 is 2.54 bits per heavy atom. The molecule has 0 radical (unpaired) electrons. The zero-order valence-corrected chi connectivity index (χ0v) is 22.1. The number of carbonyl (C=O) groups excluding carboxylic acids is 1. The number of hydrogen-bond acceptors (Lipinski definition) is 7. The molecular formula is C31H28FN3O4. The molecule has 1 aliphatic rings. The number of aliphatic hydroxyl groups is 1. The third kappa shape index (κ3) is 5.24. The van der Waals surface area contributed by atoms with Crippen molar-refractivity contribution in [2.45, 2.75) is 26.4 Å². The van der Waals surface area contributed by atoms with Gasteiger partial charge < -0.3 is 19.5 Å².